The van der Waals surface area contributed by atoms with Crippen molar-refractivity contribution < 1.29 is 0 Å². The van der Waals surface area contributed by atoms with Crippen LogP contribution >= 0.6 is 0 Å². The van der Waals surface area contributed by atoms with Crippen molar-refractivity contribution in [2.75, 3.05) is 0 Å². The average molecular weight is 384 g/mol. The molecule has 0 bridgehead atoms. The van der Waals surface area contributed by atoms with Crippen LogP contribution in [0.2, 0.25) is 0 Å². The molecule has 158 valence electrons. The number of nitrogens with zero attached hydrogens (tertiary/aromatic N) is 1. The molecule has 1 heteroatoms. The van der Waals surface area contributed by atoms with E-state index < -0.39 is 0 Å². The standard InChI is InChI=1S/C27H45N/c1-3-5-6-7-16-27(19-28)17-15-23-21(18-27)11-12-26-24-10-8-9-20(4-2)22(24)13-14-25(23)26/h20-26H,3-18H2,1-2H3/t20-,21?,22?,23?,24?,25?,26?,27-/m1/s1. The molecule has 0 aliphatic heterocycles. The maximum absolute atomic E-state index is 10.1. The van der Waals surface area contributed by atoms with Crippen molar-refractivity contribution in [1.29, 1.82) is 5.26 Å². The van der Waals surface area contributed by atoms with Crippen molar-refractivity contribution in [2.45, 2.75) is 117 Å². The Kier molecular flexibility index (Phi) is 6.74. The van der Waals surface area contributed by atoms with E-state index in [2.05, 4.69) is 19.9 Å². The quantitative estimate of drug-likeness (QED) is 0.424. The van der Waals surface area contributed by atoms with Gasteiger partial charge in [0.05, 0.1) is 11.5 Å². The Balaban J connectivity index is 1.40. The van der Waals surface area contributed by atoms with E-state index in [0.29, 0.717) is 0 Å². The Morgan fingerprint density at radius 2 is 1.54 bits per heavy atom. The second kappa shape index (κ2) is 9.10. The molecule has 0 aromatic heterocycles. The third-order valence-corrected chi connectivity index (χ3v) is 10.1. The zero-order chi connectivity index (χ0) is 19.6. The monoisotopic (exact) mass is 383 g/mol. The highest BCUT2D eigenvalue weighted by Crippen LogP contribution is 2.60. The highest BCUT2D eigenvalue weighted by Gasteiger charge is 2.52. The van der Waals surface area contributed by atoms with Crippen molar-refractivity contribution in [1.82, 2.24) is 0 Å². The molecule has 6 unspecified atom stereocenters. The Morgan fingerprint density at radius 3 is 2.32 bits per heavy atom. The van der Waals surface area contributed by atoms with Gasteiger partial charge in [-0.1, -0.05) is 58.8 Å². The minimum Gasteiger partial charge on any atom is -0.198 e. The van der Waals surface area contributed by atoms with Gasteiger partial charge in [-0.25, -0.2) is 0 Å². The zero-order valence-corrected chi connectivity index (χ0v) is 18.8. The summed E-state index contributed by atoms with van der Waals surface area (Å²) in [5.74, 6) is 7.09. The summed E-state index contributed by atoms with van der Waals surface area (Å²) < 4.78 is 0. The summed E-state index contributed by atoms with van der Waals surface area (Å²) >= 11 is 0. The maximum Gasteiger partial charge on any atom is 0.0689 e. The van der Waals surface area contributed by atoms with Crippen LogP contribution in [0.25, 0.3) is 0 Å². The third kappa shape index (κ3) is 3.91. The van der Waals surface area contributed by atoms with E-state index >= 15 is 0 Å². The Hall–Kier alpha value is -0.510. The first kappa shape index (κ1) is 20.8. The lowest BCUT2D eigenvalue weighted by Crippen LogP contribution is -2.49. The molecule has 8 atom stereocenters. The summed E-state index contributed by atoms with van der Waals surface area (Å²) in [5.41, 5.74) is 0.0388. The van der Waals surface area contributed by atoms with Crippen LogP contribution in [-0.2, 0) is 0 Å². The predicted octanol–water partition coefficient (Wildman–Crippen LogP) is 8.15. The molecule has 4 saturated carbocycles. The molecule has 0 aromatic rings. The summed E-state index contributed by atoms with van der Waals surface area (Å²) in [4.78, 5) is 0. The van der Waals surface area contributed by atoms with Crippen molar-refractivity contribution in [3.05, 3.63) is 0 Å². The second-order valence-corrected chi connectivity index (χ2v) is 11.3. The number of hydrogen-bond acceptors (Lipinski definition) is 1. The Morgan fingerprint density at radius 1 is 0.786 bits per heavy atom. The molecule has 28 heavy (non-hydrogen) atoms. The van der Waals surface area contributed by atoms with E-state index in [1.54, 1.807) is 6.42 Å². The summed E-state index contributed by atoms with van der Waals surface area (Å²) in [6, 6.07) is 2.86. The van der Waals surface area contributed by atoms with Crippen LogP contribution in [0.3, 0.4) is 0 Å². The Labute approximate surface area is 175 Å². The van der Waals surface area contributed by atoms with E-state index in [4.69, 9.17) is 0 Å². The molecule has 4 rings (SSSR count). The average Bonchev–Trinajstić information content (AvgIpc) is 2.75. The predicted molar refractivity (Wildman–Crippen MR) is 118 cm³/mol. The van der Waals surface area contributed by atoms with E-state index in [-0.39, 0.29) is 5.41 Å². The van der Waals surface area contributed by atoms with Crippen molar-refractivity contribution in [3.63, 3.8) is 0 Å². The first-order chi connectivity index (χ1) is 13.7. The maximum atomic E-state index is 10.1. The van der Waals surface area contributed by atoms with Gasteiger partial charge in [0, 0.05) is 0 Å². The highest BCUT2D eigenvalue weighted by atomic mass is 14.6. The van der Waals surface area contributed by atoms with E-state index in [1.807, 2.05) is 0 Å². The molecule has 4 aliphatic carbocycles. The number of unbranched alkanes of at least 4 members (excludes halogenated alkanes) is 3. The van der Waals surface area contributed by atoms with Crippen LogP contribution in [0.4, 0.5) is 0 Å². The molecule has 4 fully saturated rings. The highest BCUT2D eigenvalue weighted by molar-refractivity contribution is 5.07. The minimum atomic E-state index is 0.0388. The first-order valence-corrected chi connectivity index (χ1v) is 13.1. The first-order valence-electron chi connectivity index (χ1n) is 13.1. The lowest BCUT2D eigenvalue weighted by molar-refractivity contribution is -0.0711. The van der Waals surface area contributed by atoms with Gasteiger partial charge < -0.3 is 0 Å². The van der Waals surface area contributed by atoms with Crippen molar-refractivity contribution in [2.24, 2.45) is 46.8 Å². The lowest BCUT2D eigenvalue weighted by atomic mass is 9.48. The number of nitriles is 1. The molecule has 1 nitrogen and oxygen atoms in total. The summed E-state index contributed by atoms with van der Waals surface area (Å²) in [6.45, 7) is 4.73. The molecular formula is C27H45N. The third-order valence-electron chi connectivity index (χ3n) is 10.1. The lowest BCUT2D eigenvalue weighted by Gasteiger charge is -2.57. The molecule has 0 saturated heterocycles. The normalized spacial score (nSPS) is 45.4. The van der Waals surface area contributed by atoms with Crippen LogP contribution in [0, 0.1) is 58.2 Å². The van der Waals surface area contributed by atoms with Gasteiger partial charge >= 0.3 is 0 Å². The molecule has 0 radical (unpaired) electrons. The number of hydrogen-bond donors (Lipinski definition) is 0. The minimum absolute atomic E-state index is 0.0388. The summed E-state index contributed by atoms with van der Waals surface area (Å²) in [5, 5.41) is 10.1. The molecule has 0 spiro atoms. The smallest absolute Gasteiger partial charge is 0.0689 e. The van der Waals surface area contributed by atoms with Gasteiger partial charge in [0.2, 0.25) is 0 Å². The molecule has 0 heterocycles. The van der Waals surface area contributed by atoms with Crippen LogP contribution in [-0.4, -0.2) is 0 Å². The molecule has 0 amide bonds. The zero-order valence-electron chi connectivity index (χ0n) is 18.8. The van der Waals surface area contributed by atoms with Gasteiger partial charge in [0.25, 0.3) is 0 Å². The van der Waals surface area contributed by atoms with Gasteiger partial charge in [-0.3, -0.25) is 0 Å². The van der Waals surface area contributed by atoms with E-state index in [9.17, 15) is 5.26 Å². The fourth-order valence-electron chi connectivity index (χ4n) is 8.75. The Bertz CT molecular complexity index is 547. The van der Waals surface area contributed by atoms with Crippen molar-refractivity contribution in [3.8, 4) is 6.07 Å². The fourth-order valence-corrected chi connectivity index (χ4v) is 8.75. The van der Waals surface area contributed by atoms with Gasteiger partial charge in [0.15, 0.2) is 0 Å². The molecular weight excluding hydrogens is 338 g/mol. The SMILES string of the molecule is CCCCCC[C@@]1(C#N)CCC2C(CCC3C2CCC2C3CCC[C@H]2CC)C1. The number of rotatable bonds is 6. The number of fused-ring (bicyclic) bond motifs is 5. The molecule has 0 N–H and O–H groups in total. The summed E-state index contributed by atoms with van der Waals surface area (Å²) in [7, 11) is 0. The van der Waals surface area contributed by atoms with E-state index in [1.165, 1.54) is 96.3 Å². The largest absolute Gasteiger partial charge is 0.198 e. The summed E-state index contributed by atoms with van der Waals surface area (Å²) in [6.07, 6.45) is 22.3. The van der Waals surface area contributed by atoms with Gasteiger partial charge in [-0.05, 0) is 99.2 Å². The fraction of sp³-hybridized carbons (Fsp3) is 0.963. The van der Waals surface area contributed by atoms with Crippen LogP contribution < -0.4 is 0 Å². The van der Waals surface area contributed by atoms with Crippen LogP contribution in [0.15, 0.2) is 0 Å². The molecule has 4 aliphatic rings. The van der Waals surface area contributed by atoms with Crippen LogP contribution in [0.1, 0.15) is 117 Å². The topological polar surface area (TPSA) is 23.8 Å². The molecule has 0 aromatic carbocycles. The van der Waals surface area contributed by atoms with E-state index in [0.717, 1.165) is 41.4 Å². The van der Waals surface area contributed by atoms with Gasteiger partial charge in [-0.15, -0.1) is 0 Å². The van der Waals surface area contributed by atoms with Gasteiger partial charge in [0.1, 0.15) is 0 Å². The van der Waals surface area contributed by atoms with Gasteiger partial charge in [-0.2, -0.15) is 5.26 Å². The second-order valence-electron chi connectivity index (χ2n) is 11.3. The van der Waals surface area contributed by atoms with Crippen molar-refractivity contribution >= 4 is 0 Å². The van der Waals surface area contributed by atoms with Crippen LogP contribution in [0.5, 0.6) is 0 Å².